The number of thiocarbonyl (C=S) groups is 1. The van der Waals surface area contributed by atoms with Crippen molar-refractivity contribution in [3.05, 3.63) is 29.1 Å². The molecule has 0 saturated heterocycles. The van der Waals surface area contributed by atoms with E-state index in [1.807, 2.05) is 0 Å². The third-order valence-electron chi connectivity index (χ3n) is 2.63. The van der Waals surface area contributed by atoms with E-state index >= 15 is 0 Å². The molecule has 20 heavy (non-hydrogen) atoms. The second-order valence-corrected chi connectivity index (χ2v) is 4.83. The fraction of sp³-hybridized carbons (Fsp3) is 0.273. The van der Waals surface area contributed by atoms with Crippen molar-refractivity contribution in [1.29, 1.82) is 0 Å². The highest BCUT2D eigenvalue weighted by molar-refractivity contribution is 7.80. The van der Waals surface area contributed by atoms with E-state index in [-0.39, 0.29) is 4.99 Å². The average molecular weight is 312 g/mol. The van der Waals surface area contributed by atoms with Gasteiger partial charge in [0.25, 0.3) is 0 Å². The maximum atomic E-state index is 13.4. The number of hydrogen-bond donors (Lipinski definition) is 2. The summed E-state index contributed by atoms with van der Waals surface area (Å²) in [6.07, 6.45) is 0. The molecule has 0 unspecified atom stereocenters. The van der Waals surface area contributed by atoms with Crippen LogP contribution in [0.1, 0.15) is 13.8 Å². The normalized spacial score (nSPS) is 11.3. The number of amides is 1. The lowest BCUT2D eigenvalue weighted by atomic mass is 9.92. The van der Waals surface area contributed by atoms with E-state index in [2.05, 4.69) is 12.2 Å². The monoisotopic (exact) mass is 312 g/mol. The Labute approximate surface area is 115 Å². The number of nitrogens with two attached hydrogens (primary N) is 1. The standard InChI is InChI=1S/C11H9F5N2OS/c1-11(2,9(17)20)10(19)18-8-6(15)4(13)3(12)5(14)7(8)16/h1-2H3,(H2,17,20)(H,18,19). The molecule has 1 aromatic carbocycles. The quantitative estimate of drug-likeness (QED) is 0.390. The summed E-state index contributed by atoms with van der Waals surface area (Å²) in [4.78, 5) is 11.4. The molecule has 3 nitrogen and oxygen atoms in total. The zero-order chi connectivity index (χ0) is 15.8. The van der Waals surface area contributed by atoms with Crippen molar-refractivity contribution in [2.45, 2.75) is 13.8 Å². The molecular formula is C11H9F5N2OS. The Morgan fingerprint density at radius 2 is 1.35 bits per heavy atom. The third-order valence-corrected chi connectivity index (χ3v) is 3.14. The summed E-state index contributed by atoms with van der Waals surface area (Å²) >= 11 is 4.58. The molecular weight excluding hydrogens is 303 g/mol. The molecule has 0 bridgehead atoms. The lowest BCUT2D eigenvalue weighted by Crippen LogP contribution is -2.41. The summed E-state index contributed by atoms with van der Waals surface area (Å²) in [5.41, 5.74) is 2.28. The molecule has 3 N–H and O–H groups in total. The summed E-state index contributed by atoms with van der Waals surface area (Å²) in [5, 5.41) is 1.61. The van der Waals surface area contributed by atoms with Crippen molar-refractivity contribution in [2.75, 3.05) is 5.32 Å². The molecule has 0 spiro atoms. The van der Waals surface area contributed by atoms with Crippen molar-refractivity contribution in [2.24, 2.45) is 11.1 Å². The van der Waals surface area contributed by atoms with Gasteiger partial charge in [0.2, 0.25) is 11.7 Å². The van der Waals surface area contributed by atoms with E-state index in [0.29, 0.717) is 0 Å². The minimum atomic E-state index is -2.31. The van der Waals surface area contributed by atoms with Crippen LogP contribution < -0.4 is 11.1 Å². The van der Waals surface area contributed by atoms with Crippen molar-refractivity contribution in [1.82, 2.24) is 0 Å². The minimum absolute atomic E-state index is 0.307. The number of carbonyl (C=O) groups excluding carboxylic acids is 1. The van der Waals surface area contributed by atoms with Crippen LogP contribution in [0.3, 0.4) is 0 Å². The van der Waals surface area contributed by atoms with Crippen LogP contribution in [0, 0.1) is 34.5 Å². The fourth-order valence-electron chi connectivity index (χ4n) is 1.10. The van der Waals surface area contributed by atoms with Gasteiger partial charge >= 0.3 is 0 Å². The number of halogens is 5. The van der Waals surface area contributed by atoms with Crippen molar-refractivity contribution >= 4 is 28.8 Å². The fourth-order valence-corrected chi connectivity index (χ4v) is 1.19. The van der Waals surface area contributed by atoms with Crippen LogP contribution in [0.25, 0.3) is 0 Å². The Morgan fingerprint density at radius 3 is 1.70 bits per heavy atom. The Morgan fingerprint density at radius 1 is 1.00 bits per heavy atom. The highest BCUT2D eigenvalue weighted by atomic mass is 32.1. The van der Waals surface area contributed by atoms with Crippen LogP contribution in [-0.2, 0) is 4.79 Å². The molecule has 110 valence electrons. The lowest BCUT2D eigenvalue weighted by Gasteiger charge is -2.22. The third kappa shape index (κ3) is 2.58. The number of benzene rings is 1. The molecule has 0 aliphatic heterocycles. The molecule has 0 radical (unpaired) electrons. The van der Waals surface area contributed by atoms with Gasteiger partial charge in [-0.3, -0.25) is 4.79 Å². The topological polar surface area (TPSA) is 55.1 Å². The van der Waals surface area contributed by atoms with Gasteiger partial charge in [-0.1, -0.05) is 12.2 Å². The second-order valence-electron chi connectivity index (χ2n) is 4.39. The van der Waals surface area contributed by atoms with E-state index < -0.39 is 46.1 Å². The zero-order valence-electron chi connectivity index (χ0n) is 10.3. The molecule has 1 rings (SSSR count). The number of nitrogens with one attached hydrogen (secondary N) is 1. The molecule has 1 amide bonds. The van der Waals surface area contributed by atoms with Crippen LogP contribution in [0.2, 0.25) is 0 Å². The first kappa shape index (κ1) is 16.3. The Hall–Kier alpha value is -1.77. The van der Waals surface area contributed by atoms with Crippen LogP contribution in [0.15, 0.2) is 0 Å². The van der Waals surface area contributed by atoms with Gasteiger partial charge in [0, 0.05) is 0 Å². The number of anilines is 1. The number of carbonyl (C=O) groups is 1. The SMILES string of the molecule is CC(C)(C(=O)Nc1c(F)c(F)c(F)c(F)c1F)C(N)=S. The summed E-state index contributed by atoms with van der Waals surface area (Å²) in [6.45, 7) is 2.47. The van der Waals surface area contributed by atoms with Crippen LogP contribution in [0.5, 0.6) is 0 Å². The first-order valence-corrected chi connectivity index (χ1v) is 5.55. The molecule has 0 saturated carbocycles. The van der Waals surface area contributed by atoms with Gasteiger partial charge in [0.15, 0.2) is 23.3 Å². The zero-order valence-corrected chi connectivity index (χ0v) is 11.1. The van der Waals surface area contributed by atoms with Gasteiger partial charge in [-0.2, -0.15) is 0 Å². The van der Waals surface area contributed by atoms with Crippen molar-refractivity contribution < 1.29 is 26.7 Å². The highest BCUT2D eigenvalue weighted by Gasteiger charge is 2.34. The molecule has 0 aliphatic carbocycles. The second kappa shape index (κ2) is 5.31. The van der Waals surface area contributed by atoms with Gasteiger partial charge in [0.1, 0.15) is 5.69 Å². The van der Waals surface area contributed by atoms with Gasteiger partial charge in [-0.15, -0.1) is 0 Å². The van der Waals surface area contributed by atoms with E-state index in [4.69, 9.17) is 5.73 Å². The molecule has 0 atom stereocenters. The molecule has 9 heteroatoms. The molecule has 1 aromatic rings. The van der Waals surface area contributed by atoms with Crippen LogP contribution in [-0.4, -0.2) is 10.9 Å². The summed E-state index contributed by atoms with van der Waals surface area (Å²) < 4.78 is 65.4. The average Bonchev–Trinajstić information content (AvgIpc) is 2.38. The lowest BCUT2D eigenvalue weighted by molar-refractivity contribution is -0.121. The van der Waals surface area contributed by atoms with Gasteiger partial charge in [-0.05, 0) is 13.8 Å². The maximum absolute atomic E-state index is 13.4. The van der Waals surface area contributed by atoms with E-state index in [1.165, 1.54) is 13.8 Å². The van der Waals surface area contributed by atoms with Gasteiger partial charge in [-0.25, -0.2) is 22.0 Å². The van der Waals surface area contributed by atoms with E-state index in [1.54, 1.807) is 5.32 Å². The summed E-state index contributed by atoms with van der Waals surface area (Å²) in [7, 11) is 0. The maximum Gasteiger partial charge on any atom is 0.237 e. The smallest absolute Gasteiger partial charge is 0.237 e. The molecule has 0 fully saturated rings. The minimum Gasteiger partial charge on any atom is -0.392 e. The van der Waals surface area contributed by atoms with Crippen molar-refractivity contribution in [3.8, 4) is 0 Å². The largest absolute Gasteiger partial charge is 0.392 e. The predicted molar refractivity (Wildman–Crippen MR) is 65.4 cm³/mol. The Bertz CT molecular complexity index is 574. The summed E-state index contributed by atoms with van der Waals surface area (Å²) in [5.74, 6) is -12.0. The first-order chi connectivity index (χ1) is 9.01. The number of hydrogen-bond acceptors (Lipinski definition) is 2. The van der Waals surface area contributed by atoms with E-state index in [0.717, 1.165) is 0 Å². The van der Waals surface area contributed by atoms with Crippen LogP contribution in [0.4, 0.5) is 27.6 Å². The Balaban J connectivity index is 3.31. The van der Waals surface area contributed by atoms with Gasteiger partial charge < -0.3 is 11.1 Å². The number of rotatable bonds is 3. The van der Waals surface area contributed by atoms with Crippen molar-refractivity contribution in [3.63, 3.8) is 0 Å². The van der Waals surface area contributed by atoms with Gasteiger partial charge in [0.05, 0.1) is 10.4 Å². The molecule has 0 heterocycles. The summed E-state index contributed by atoms with van der Waals surface area (Å²) in [6, 6.07) is 0. The Kier molecular flexibility index (Phi) is 4.33. The van der Waals surface area contributed by atoms with Crippen LogP contribution >= 0.6 is 12.2 Å². The molecule has 0 aromatic heterocycles. The predicted octanol–water partition coefficient (Wildman–Crippen LogP) is 2.63. The highest BCUT2D eigenvalue weighted by Crippen LogP contribution is 2.28. The van der Waals surface area contributed by atoms with E-state index in [9.17, 15) is 26.7 Å². The molecule has 0 aliphatic rings. The first-order valence-electron chi connectivity index (χ1n) is 5.14.